The molecular weight excluding hydrogens is 258 g/mol. The average Bonchev–Trinajstić information content (AvgIpc) is 2.54. The summed E-state index contributed by atoms with van der Waals surface area (Å²) < 4.78 is 0.298. The Balaban J connectivity index is 2.06. The highest BCUT2D eigenvalue weighted by Crippen LogP contribution is 2.29. The summed E-state index contributed by atoms with van der Waals surface area (Å²) in [4.78, 5) is 12.9. The fourth-order valence-electron chi connectivity index (χ4n) is 3.05. The lowest BCUT2D eigenvalue weighted by Gasteiger charge is -2.31. The van der Waals surface area contributed by atoms with Crippen molar-refractivity contribution in [3.05, 3.63) is 48.4 Å². The van der Waals surface area contributed by atoms with Crippen LogP contribution in [0.5, 0.6) is 0 Å². The zero-order valence-electron chi connectivity index (χ0n) is 13.8. The van der Waals surface area contributed by atoms with Gasteiger partial charge in [-0.1, -0.05) is 37.6 Å². The van der Waals surface area contributed by atoms with Crippen LogP contribution in [0.4, 0.5) is 0 Å². The van der Waals surface area contributed by atoms with Crippen molar-refractivity contribution < 1.29 is 9.28 Å². The van der Waals surface area contributed by atoms with Gasteiger partial charge < -0.3 is 0 Å². The number of quaternary nitrogens is 1. The van der Waals surface area contributed by atoms with Crippen molar-refractivity contribution in [3.63, 3.8) is 0 Å². The summed E-state index contributed by atoms with van der Waals surface area (Å²) in [7, 11) is 1.98. The monoisotopic (exact) mass is 286 g/mol. The molecule has 2 rings (SSSR count). The van der Waals surface area contributed by atoms with Crippen LogP contribution in [-0.4, -0.2) is 17.4 Å². The van der Waals surface area contributed by atoms with Crippen molar-refractivity contribution in [3.8, 4) is 0 Å². The van der Waals surface area contributed by atoms with E-state index in [4.69, 9.17) is 0 Å². The Morgan fingerprint density at radius 1 is 1.29 bits per heavy atom. The Bertz CT molecular complexity index is 496. The molecule has 1 amide bonds. The highest BCUT2D eigenvalue weighted by Gasteiger charge is 2.37. The van der Waals surface area contributed by atoms with Crippen LogP contribution in [0.1, 0.15) is 40.0 Å². The Kier molecular flexibility index (Phi) is 5.00. The third-order valence-electron chi connectivity index (χ3n) is 4.88. The molecule has 0 saturated carbocycles. The van der Waals surface area contributed by atoms with Gasteiger partial charge in [0.1, 0.15) is 12.4 Å². The van der Waals surface area contributed by atoms with Crippen molar-refractivity contribution in [2.24, 2.45) is 17.8 Å². The van der Waals surface area contributed by atoms with E-state index < -0.39 is 0 Å². The maximum absolute atomic E-state index is 12.9. The maximum atomic E-state index is 12.9. The third-order valence-corrected chi connectivity index (χ3v) is 4.88. The molecule has 114 valence electrons. The van der Waals surface area contributed by atoms with Gasteiger partial charge in [-0.3, -0.25) is 0 Å². The van der Waals surface area contributed by atoms with Gasteiger partial charge in [0, 0.05) is 5.92 Å². The van der Waals surface area contributed by atoms with Gasteiger partial charge in [-0.05, 0) is 44.3 Å². The van der Waals surface area contributed by atoms with Gasteiger partial charge in [0.05, 0.1) is 13.0 Å². The number of amides is 1. The molecule has 0 aromatic heterocycles. The summed E-state index contributed by atoms with van der Waals surface area (Å²) in [6.07, 6.45) is 18.3. The standard InChI is InChI=1S/C19H28NO/c1-5-16-7-9-18(10-8-16)15(3)19(21)20(4)13-11-17(6-2)12-14-20/h7-9,11-15,17-18H,5-6,10H2,1-4H3/q+1. The van der Waals surface area contributed by atoms with Crippen molar-refractivity contribution in [2.45, 2.75) is 40.0 Å². The highest BCUT2D eigenvalue weighted by atomic mass is 16.2. The highest BCUT2D eigenvalue weighted by molar-refractivity contribution is 5.73. The van der Waals surface area contributed by atoms with Crippen molar-refractivity contribution in [1.29, 1.82) is 0 Å². The Hall–Kier alpha value is -1.41. The fourth-order valence-corrected chi connectivity index (χ4v) is 3.05. The van der Waals surface area contributed by atoms with Crippen LogP contribution in [0.15, 0.2) is 48.4 Å². The van der Waals surface area contributed by atoms with Crippen molar-refractivity contribution in [1.82, 2.24) is 0 Å². The fraction of sp³-hybridized carbons (Fsp3) is 0.526. The number of rotatable bonds is 4. The lowest BCUT2D eigenvalue weighted by atomic mass is 9.84. The Labute approximate surface area is 129 Å². The zero-order chi connectivity index (χ0) is 15.5. The molecule has 1 heterocycles. The number of hydrogen-bond donors (Lipinski definition) is 0. The van der Waals surface area contributed by atoms with Gasteiger partial charge in [0.2, 0.25) is 0 Å². The number of carbonyl (C=O) groups is 1. The Morgan fingerprint density at radius 3 is 2.43 bits per heavy atom. The van der Waals surface area contributed by atoms with E-state index in [0.717, 1.165) is 19.3 Å². The first-order valence-corrected chi connectivity index (χ1v) is 8.16. The van der Waals surface area contributed by atoms with Crippen LogP contribution in [0.3, 0.4) is 0 Å². The first-order chi connectivity index (χ1) is 10.00. The van der Waals surface area contributed by atoms with Crippen LogP contribution in [0.2, 0.25) is 0 Å². The summed E-state index contributed by atoms with van der Waals surface area (Å²) in [5.74, 6) is 1.12. The first kappa shape index (κ1) is 16.0. The van der Waals surface area contributed by atoms with E-state index in [2.05, 4.69) is 51.2 Å². The van der Waals surface area contributed by atoms with E-state index in [9.17, 15) is 4.79 Å². The molecule has 0 spiro atoms. The first-order valence-electron chi connectivity index (χ1n) is 8.16. The second-order valence-electron chi connectivity index (χ2n) is 6.42. The molecule has 0 radical (unpaired) electrons. The molecule has 0 N–H and O–H groups in total. The van der Waals surface area contributed by atoms with Gasteiger partial charge in [0.25, 0.3) is 0 Å². The van der Waals surface area contributed by atoms with Crippen LogP contribution in [-0.2, 0) is 4.79 Å². The quantitative estimate of drug-likeness (QED) is 0.692. The molecule has 0 aromatic rings. The molecule has 2 heteroatoms. The number of carbonyl (C=O) groups excluding carboxylic acids is 1. The van der Waals surface area contributed by atoms with Gasteiger partial charge in [-0.15, -0.1) is 0 Å². The minimum Gasteiger partial charge on any atom is -0.230 e. The second-order valence-corrected chi connectivity index (χ2v) is 6.42. The normalized spacial score (nSPS) is 32.9. The number of hydrogen-bond acceptors (Lipinski definition) is 1. The molecule has 21 heavy (non-hydrogen) atoms. The van der Waals surface area contributed by atoms with Gasteiger partial charge in [-0.2, -0.15) is 0 Å². The van der Waals surface area contributed by atoms with Crippen LogP contribution < -0.4 is 0 Å². The summed E-state index contributed by atoms with van der Waals surface area (Å²) in [5.41, 5.74) is 1.38. The van der Waals surface area contributed by atoms with Crippen molar-refractivity contribution >= 4 is 5.91 Å². The van der Waals surface area contributed by atoms with Gasteiger partial charge in [0.15, 0.2) is 0 Å². The summed E-state index contributed by atoms with van der Waals surface area (Å²) in [5, 5.41) is 0. The van der Waals surface area contributed by atoms with Crippen LogP contribution in [0.25, 0.3) is 0 Å². The molecule has 2 unspecified atom stereocenters. The lowest BCUT2D eigenvalue weighted by Crippen LogP contribution is -2.45. The van der Waals surface area contributed by atoms with E-state index in [-0.39, 0.29) is 11.8 Å². The molecule has 0 aromatic carbocycles. The second kappa shape index (κ2) is 6.57. The Morgan fingerprint density at radius 2 is 1.95 bits per heavy atom. The maximum Gasteiger partial charge on any atom is 0.325 e. The molecule has 1 aliphatic heterocycles. The summed E-state index contributed by atoms with van der Waals surface area (Å²) in [6.45, 7) is 6.41. The van der Waals surface area contributed by atoms with E-state index in [1.165, 1.54) is 5.57 Å². The van der Waals surface area contributed by atoms with Crippen LogP contribution >= 0.6 is 0 Å². The topological polar surface area (TPSA) is 17.1 Å². The largest absolute Gasteiger partial charge is 0.325 e. The predicted molar refractivity (Wildman–Crippen MR) is 88.0 cm³/mol. The zero-order valence-corrected chi connectivity index (χ0v) is 13.8. The minimum absolute atomic E-state index is 0.0355. The SMILES string of the molecule is CCC1=CCC(C(C)C(=O)[N+]2(C)C=CC(CC)C=C2)C=C1. The minimum atomic E-state index is 0.0355. The molecule has 2 aliphatic rings. The molecule has 0 saturated heterocycles. The molecule has 2 atom stereocenters. The molecular formula is C19H28NO+. The molecule has 0 fully saturated rings. The van der Waals surface area contributed by atoms with E-state index >= 15 is 0 Å². The van der Waals surface area contributed by atoms with E-state index in [1.54, 1.807) is 0 Å². The van der Waals surface area contributed by atoms with E-state index in [1.807, 2.05) is 19.4 Å². The lowest BCUT2D eigenvalue weighted by molar-refractivity contribution is -0.729. The average molecular weight is 286 g/mol. The molecule has 0 bridgehead atoms. The number of nitrogens with zero attached hydrogens (tertiary/aromatic N) is 1. The predicted octanol–water partition coefficient (Wildman–Crippen LogP) is 4.58. The number of allylic oxidation sites excluding steroid dienone is 6. The van der Waals surface area contributed by atoms with Crippen LogP contribution in [0, 0.1) is 17.8 Å². The van der Waals surface area contributed by atoms with Gasteiger partial charge in [-0.25, -0.2) is 9.28 Å². The molecule has 2 nitrogen and oxygen atoms in total. The third kappa shape index (κ3) is 3.44. The summed E-state index contributed by atoms with van der Waals surface area (Å²) >= 11 is 0. The summed E-state index contributed by atoms with van der Waals surface area (Å²) in [6, 6.07) is 0. The van der Waals surface area contributed by atoms with Crippen molar-refractivity contribution in [2.75, 3.05) is 7.05 Å². The molecule has 1 aliphatic carbocycles. The van der Waals surface area contributed by atoms with Gasteiger partial charge >= 0.3 is 5.91 Å². The van der Waals surface area contributed by atoms with E-state index in [0.29, 0.717) is 16.3 Å². The smallest absolute Gasteiger partial charge is 0.230 e.